The lowest BCUT2D eigenvalue weighted by atomic mass is 9.83. The molecule has 0 radical (unpaired) electrons. The van der Waals surface area contributed by atoms with E-state index in [2.05, 4.69) is 12.2 Å². The molecule has 3 heteroatoms. The highest BCUT2D eigenvalue weighted by atomic mass is 16.3. The van der Waals surface area contributed by atoms with Gasteiger partial charge >= 0.3 is 0 Å². The Morgan fingerprint density at radius 1 is 1.26 bits per heavy atom. The highest BCUT2D eigenvalue weighted by molar-refractivity contribution is 5.79. The summed E-state index contributed by atoms with van der Waals surface area (Å²) in [7, 11) is 0. The molecule has 0 aromatic heterocycles. The van der Waals surface area contributed by atoms with Crippen LogP contribution >= 0.6 is 0 Å². The van der Waals surface area contributed by atoms with Gasteiger partial charge in [0.05, 0.1) is 6.42 Å². The number of hydrogen-bond donors (Lipinski definition) is 2. The van der Waals surface area contributed by atoms with Crippen molar-refractivity contribution in [1.82, 2.24) is 5.32 Å². The number of rotatable bonds is 4. The van der Waals surface area contributed by atoms with Crippen molar-refractivity contribution in [3.8, 4) is 5.75 Å². The van der Waals surface area contributed by atoms with Gasteiger partial charge in [-0.1, -0.05) is 38.0 Å². The monoisotopic (exact) mass is 261 g/mol. The third kappa shape index (κ3) is 4.27. The molecule has 19 heavy (non-hydrogen) atoms. The van der Waals surface area contributed by atoms with E-state index < -0.39 is 0 Å². The van der Waals surface area contributed by atoms with Crippen LogP contribution in [0, 0.1) is 11.8 Å². The molecule has 1 fully saturated rings. The number of carbonyl (C=O) groups is 1. The van der Waals surface area contributed by atoms with Gasteiger partial charge in [0.1, 0.15) is 5.75 Å². The lowest BCUT2D eigenvalue weighted by Gasteiger charge is -2.26. The van der Waals surface area contributed by atoms with Crippen molar-refractivity contribution in [2.75, 3.05) is 6.54 Å². The fraction of sp³-hybridized carbons (Fsp3) is 0.562. The van der Waals surface area contributed by atoms with Crippen molar-refractivity contribution in [2.24, 2.45) is 11.8 Å². The Kier molecular flexibility index (Phi) is 4.83. The van der Waals surface area contributed by atoms with E-state index in [1.807, 2.05) is 6.07 Å². The molecule has 2 N–H and O–H groups in total. The van der Waals surface area contributed by atoms with Gasteiger partial charge in [-0.05, 0) is 30.7 Å². The normalized spacial score (nSPS) is 23.0. The molecule has 1 aromatic rings. The summed E-state index contributed by atoms with van der Waals surface area (Å²) in [4.78, 5) is 11.8. The van der Waals surface area contributed by atoms with Crippen LogP contribution in [0.1, 0.15) is 38.2 Å². The summed E-state index contributed by atoms with van der Waals surface area (Å²) in [5.41, 5.74) is 0.692. The number of phenolic OH excluding ortho intramolecular Hbond substituents is 1. The molecule has 1 aromatic carbocycles. The number of benzene rings is 1. The number of carbonyl (C=O) groups excluding carboxylic acids is 1. The second kappa shape index (κ2) is 6.60. The van der Waals surface area contributed by atoms with Crippen LogP contribution in [0.15, 0.2) is 24.3 Å². The first kappa shape index (κ1) is 13.9. The smallest absolute Gasteiger partial charge is 0.224 e. The van der Waals surface area contributed by atoms with Gasteiger partial charge in [0.25, 0.3) is 0 Å². The van der Waals surface area contributed by atoms with E-state index in [1.54, 1.807) is 18.2 Å². The van der Waals surface area contributed by atoms with Crippen LogP contribution in [-0.4, -0.2) is 17.6 Å². The van der Waals surface area contributed by atoms with Gasteiger partial charge in [0.2, 0.25) is 5.91 Å². The molecule has 1 aliphatic carbocycles. The Balaban J connectivity index is 1.74. The zero-order valence-electron chi connectivity index (χ0n) is 11.6. The van der Waals surface area contributed by atoms with Crippen LogP contribution < -0.4 is 5.32 Å². The average Bonchev–Trinajstić information content (AvgIpc) is 2.41. The Morgan fingerprint density at radius 2 is 1.95 bits per heavy atom. The third-order valence-corrected chi connectivity index (χ3v) is 4.07. The standard InChI is InChI=1S/C16H23NO2/c1-12-6-8-13(9-7-12)11-17-16(19)10-14-4-2-3-5-15(14)18/h2-5,12-13,18H,6-11H2,1H3,(H,17,19). The van der Waals surface area contributed by atoms with Gasteiger partial charge in [-0.3, -0.25) is 4.79 Å². The maximum atomic E-state index is 11.8. The minimum absolute atomic E-state index is 0.000113. The number of hydrogen-bond acceptors (Lipinski definition) is 2. The summed E-state index contributed by atoms with van der Waals surface area (Å²) in [6.45, 7) is 3.08. The SMILES string of the molecule is CC1CCC(CNC(=O)Cc2ccccc2O)CC1. The minimum Gasteiger partial charge on any atom is -0.508 e. The topological polar surface area (TPSA) is 49.3 Å². The van der Waals surface area contributed by atoms with Crippen LogP contribution in [-0.2, 0) is 11.2 Å². The molecule has 1 amide bonds. The van der Waals surface area contributed by atoms with Gasteiger partial charge in [-0.2, -0.15) is 0 Å². The number of amides is 1. The predicted octanol–water partition coefficient (Wildman–Crippen LogP) is 2.88. The summed E-state index contributed by atoms with van der Waals surface area (Å²) in [5, 5.41) is 12.6. The first-order chi connectivity index (χ1) is 9.15. The van der Waals surface area contributed by atoms with Crippen molar-refractivity contribution in [3.63, 3.8) is 0 Å². The highest BCUT2D eigenvalue weighted by Crippen LogP contribution is 2.27. The molecular formula is C16H23NO2. The van der Waals surface area contributed by atoms with E-state index >= 15 is 0 Å². The van der Waals surface area contributed by atoms with Gasteiger partial charge in [-0.15, -0.1) is 0 Å². The van der Waals surface area contributed by atoms with Crippen LogP contribution in [0.25, 0.3) is 0 Å². The average molecular weight is 261 g/mol. The fourth-order valence-corrected chi connectivity index (χ4v) is 2.69. The molecule has 0 heterocycles. The summed E-state index contributed by atoms with van der Waals surface area (Å²) in [6, 6.07) is 7.01. The molecule has 0 aliphatic heterocycles. The van der Waals surface area contributed by atoms with Crippen LogP contribution in [0.4, 0.5) is 0 Å². The predicted molar refractivity (Wildman–Crippen MR) is 75.9 cm³/mol. The van der Waals surface area contributed by atoms with Gasteiger partial charge in [-0.25, -0.2) is 0 Å². The van der Waals surface area contributed by atoms with E-state index in [-0.39, 0.29) is 18.1 Å². The Hall–Kier alpha value is -1.51. The largest absolute Gasteiger partial charge is 0.508 e. The molecule has 0 spiro atoms. The van der Waals surface area contributed by atoms with E-state index in [0.717, 1.165) is 12.5 Å². The molecule has 1 aliphatic rings. The zero-order valence-corrected chi connectivity index (χ0v) is 11.6. The van der Waals surface area contributed by atoms with Crippen LogP contribution in [0.5, 0.6) is 5.75 Å². The summed E-state index contributed by atoms with van der Waals surface area (Å²) < 4.78 is 0. The second-order valence-electron chi connectivity index (χ2n) is 5.74. The lowest BCUT2D eigenvalue weighted by molar-refractivity contribution is -0.120. The fourth-order valence-electron chi connectivity index (χ4n) is 2.69. The maximum absolute atomic E-state index is 11.8. The molecule has 0 bridgehead atoms. The Bertz CT molecular complexity index is 423. The summed E-state index contributed by atoms with van der Waals surface area (Å²) >= 11 is 0. The number of phenols is 1. The first-order valence-electron chi connectivity index (χ1n) is 7.18. The Labute approximate surface area is 115 Å². The number of aromatic hydroxyl groups is 1. The molecular weight excluding hydrogens is 238 g/mol. The summed E-state index contributed by atoms with van der Waals surface area (Å²) in [5.74, 6) is 1.67. The van der Waals surface area contributed by atoms with E-state index in [1.165, 1.54) is 25.7 Å². The van der Waals surface area contributed by atoms with Crippen molar-refractivity contribution in [2.45, 2.75) is 39.0 Å². The van der Waals surface area contributed by atoms with E-state index in [9.17, 15) is 9.90 Å². The minimum atomic E-state index is 0.000113. The molecule has 2 rings (SSSR count). The first-order valence-corrected chi connectivity index (χ1v) is 7.18. The van der Waals surface area contributed by atoms with Gasteiger partial charge in [0, 0.05) is 12.1 Å². The second-order valence-corrected chi connectivity index (χ2v) is 5.74. The molecule has 0 atom stereocenters. The van der Waals surface area contributed by atoms with Gasteiger partial charge in [0.15, 0.2) is 0 Å². The van der Waals surface area contributed by atoms with Crippen molar-refractivity contribution in [1.29, 1.82) is 0 Å². The van der Waals surface area contributed by atoms with E-state index in [0.29, 0.717) is 11.5 Å². The molecule has 1 saturated carbocycles. The van der Waals surface area contributed by atoms with Gasteiger partial charge < -0.3 is 10.4 Å². The quantitative estimate of drug-likeness (QED) is 0.875. The molecule has 0 saturated heterocycles. The van der Waals surface area contributed by atoms with Crippen molar-refractivity contribution >= 4 is 5.91 Å². The maximum Gasteiger partial charge on any atom is 0.224 e. The number of para-hydroxylation sites is 1. The Morgan fingerprint density at radius 3 is 2.63 bits per heavy atom. The van der Waals surface area contributed by atoms with Crippen molar-refractivity contribution in [3.05, 3.63) is 29.8 Å². The summed E-state index contributed by atoms with van der Waals surface area (Å²) in [6.07, 6.45) is 5.26. The third-order valence-electron chi connectivity index (χ3n) is 4.07. The van der Waals surface area contributed by atoms with Crippen molar-refractivity contribution < 1.29 is 9.90 Å². The van der Waals surface area contributed by atoms with Crippen LogP contribution in [0.3, 0.4) is 0 Å². The molecule has 3 nitrogen and oxygen atoms in total. The lowest BCUT2D eigenvalue weighted by Crippen LogP contribution is -2.32. The molecule has 0 unspecified atom stereocenters. The molecule has 104 valence electrons. The van der Waals surface area contributed by atoms with E-state index in [4.69, 9.17) is 0 Å². The van der Waals surface area contributed by atoms with Crippen LogP contribution in [0.2, 0.25) is 0 Å². The highest BCUT2D eigenvalue weighted by Gasteiger charge is 2.18. The number of nitrogens with one attached hydrogen (secondary N) is 1. The zero-order chi connectivity index (χ0) is 13.7.